The largest absolute Gasteiger partial charge is 0.368 e. The minimum atomic E-state index is -0.632. The van der Waals surface area contributed by atoms with E-state index in [1.54, 1.807) is 0 Å². The lowest BCUT2D eigenvalue weighted by molar-refractivity contribution is -0.119. The topological polar surface area (TPSA) is 81.1 Å². The summed E-state index contributed by atoms with van der Waals surface area (Å²) in [4.78, 5) is 10.8. The summed E-state index contributed by atoms with van der Waals surface area (Å²) in [5.41, 5.74) is 13.0. The first-order valence-electron chi connectivity index (χ1n) is 5.35. The number of nitrogens with two attached hydrogens (primary N) is 2. The Kier molecular flexibility index (Phi) is 4.46. The molecule has 1 unspecified atom stereocenters. The smallest absolute Gasteiger partial charge is 0.235 e. The van der Waals surface area contributed by atoms with Crippen molar-refractivity contribution in [2.75, 3.05) is 6.54 Å². The van der Waals surface area contributed by atoms with Crippen molar-refractivity contribution in [2.24, 2.45) is 11.5 Å². The third-order valence-electron chi connectivity index (χ3n) is 2.59. The minimum absolute atomic E-state index is 0.158. The molecule has 0 aliphatic carbocycles. The van der Waals surface area contributed by atoms with Crippen LogP contribution in [0.5, 0.6) is 0 Å². The Bertz CT molecular complexity index is 348. The molecule has 1 aromatic carbocycles. The fraction of sp³-hybridized carbons (Fsp3) is 0.417. The fourth-order valence-corrected chi connectivity index (χ4v) is 1.38. The zero-order valence-electron chi connectivity index (χ0n) is 9.73. The molecule has 2 atom stereocenters. The molecule has 1 rings (SSSR count). The maximum atomic E-state index is 10.8. The lowest BCUT2D eigenvalue weighted by atomic mass is 10.1. The van der Waals surface area contributed by atoms with Gasteiger partial charge in [0.05, 0.1) is 6.04 Å². The number of primary amides is 1. The Morgan fingerprint density at radius 2 is 1.94 bits per heavy atom. The molecule has 0 spiro atoms. The molecule has 1 amide bonds. The number of rotatable bonds is 5. The molecular weight excluding hydrogens is 202 g/mol. The molecule has 0 aliphatic heterocycles. The molecule has 4 heteroatoms. The number of amides is 1. The summed E-state index contributed by atoms with van der Waals surface area (Å²) < 4.78 is 0. The van der Waals surface area contributed by atoms with Gasteiger partial charge in [-0.2, -0.15) is 0 Å². The Morgan fingerprint density at radius 1 is 1.38 bits per heavy atom. The molecule has 5 N–H and O–H groups in total. The molecule has 16 heavy (non-hydrogen) atoms. The van der Waals surface area contributed by atoms with Gasteiger partial charge in [-0.25, -0.2) is 0 Å². The summed E-state index contributed by atoms with van der Waals surface area (Å²) in [7, 11) is 0. The second-order valence-corrected chi connectivity index (χ2v) is 4.05. The highest BCUT2D eigenvalue weighted by Gasteiger charge is 2.11. The number of benzene rings is 1. The van der Waals surface area contributed by atoms with Crippen LogP contribution in [0, 0.1) is 6.92 Å². The first-order valence-corrected chi connectivity index (χ1v) is 5.35. The second-order valence-electron chi connectivity index (χ2n) is 4.05. The Balaban J connectivity index is 2.49. The molecule has 0 fully saturated rings. The van der Waals surface area contributed by atoms with Crippen LogP contribution < -0.4 is 16.8 Å². The highest BCUT2D eigenvalue weighted by molar-refractivity contribution is 5.79. The highest BCUT2D eigenvalue weighted by Crippen LogP contribution is 2.12. The zero-order chi connectivity index (χ0) is 12.1. The lowest BCUT2D eigenvalue weighted by Gasteiger charge is -2.16. The van der Waals surface area contributed by atoms with Crippen LogP contribution in [-0.2, 0) is 4.79 Å². The van der Waals surface area contributed by atoms with Gasteiger partial charge in [-0.05, 0) is 19.4 Å². The van der Waals surface area contributed by atoms with Crippen molar-refractivity contribution < 1.29 is 4.79 Å². The number of hydrogen-bond acceptors (Lipinski definition) is 3. The van der Waals surface area contributed by atoms with Gasteiger partial charge >= 0.3 is 0 Å². The maximum Gasteiger partial charge on any atom is 0.235 e. The van der Waals surface area contributed by atoms with Gasteiger partial charge in [-0.15, -0.1) is 0 Å². The average Bonchev–Trinajstić information content (AvgIpc) is 2.26. The SMILES string of the molecule is Cc1ccc([C@@H](C)NCC(N)C(N)=O)cc1. The van der Waals surface area contributed by atoms with E-state index in [0.29, 0.717) is 6.54 Å². The number of aryl methyl sites for hydroxylation is 1. The first-order chi connectivity index (χ1) is 7.50. The molecule has 0 bridgehead atoms. The number of nitrogens with one attached hydrogen (secondary N) is 1. The van der Waals surface area contributed by atoms with E-state index in [2.05, 4.69) is 29.6 Å². The summed E-state index contributed by atoms with van der Waals surface area (Å²) in [6.07, 6.45) is 0. The molecule has 1 aromatic rings. The Labute approximate surface area is 96.0 Å². The lowest BCUT2D eigenvalue weighted by Crippen LogP contribution is -2.44. The van der Waals surface area contributed by atoms with E-state index < -0.39 is 11.9 Å². The Morgan fingerprint density at radius 3 is 2.44 bits per heavy atom. The summed E-state index contributed by atoms with van der Waals surface area (Å²) in [6.45, 7) is 4.47. The molecule has 4 nitrogen and oxygen atoms in total. The van der Waals surface area contributed by atoms with Crippen LogP contribution in [0.4, 0.5) is 0 Å². The van der Waals surface area contributed by atoms with Crippen molar-refractivity contribution >= 4 is 5.91 Å². The monoisotopic (exact) mass is 221 g/mol. The second kappa shape index (κ2) is 5.63. The zero-order valence-corrected chi connectivity index (χ0v) is 9.73. The minimum Gasteiger partial charge on any atom is -0.368 e. The van der Waals surface area contributed by atoms with E-state index in [1.807, 2.05) is 13.8 Å². The van der Waals surface area contributed by atoms with Crippen LogP contribution in [0.2, 0.25) is 0 Å². The van der Waals surface area contributed by atoms with Gasteiger partial charge in [0, 0.05) is 12.6 Å². The molecule has 0 saturated carbocycles. The normalized spacial score (nSPS) is 14.4. The van der Waals surface area contributed by atoms with Crippen LogP contribution >= 0.6 is 0 Å². The van der Waals surface area contributed by atoms with Crippen LogP contribution in [0.25, 0.3) is 0 Å². The van der Waals surface area contributed by atoms with E-state index in [9.17, 15) is 4.79 Å². The molecule has 0 aromatic heterocycles. The van der Waals surface area contributed by atoms with E-state index in [4.69, 9.17) is 11.5 Å². The predicted octanol–water partition coefficient (Wildman–Crippen LogP) is 0.458. The number of carbonyl (C=O) groups is 1. The molecule has 0 saturated heterocycles. The van der Waals surface area contributed by atoms with E-state index in [0.717, 1.165) is 0 Å². The Hall–Kier alpha value is -1.39. The third-order valence-corrected chi connectivity index (χ3v) is 2.59. The van der Waals surface area contributed by atoms with Crippen molar-refractivity contribution in [3.63, 3.8) is 0 Å². The fourth-order valence-electron chi connectivity index (χ4n) is 1.38. The van der Waals surface area contributed by atoms with Crippen LogP contribution in [0.15, 0.2) is 24.3 Å². The predicted molar refractivity (Wildman–Crippen MR) is 64.8 cm³/mol. The maximum absolute atomic E-state index is 10.8. The van der Waals surface area contributed by atoms with Gasteiger partial charge in [-0.3, -0.25) is 4.79 Å². The summed E-state index contributed by atoms with van der Waals surface area (Å²) >= 11 is 0. The van der Waals surface area contributed by atoms with Gasteiger partial charge in [0.1, 0.15) is 0 Å². The van der Waals surface area contributed by atoms with Crippen molar-refractivity contribution in [2.45, 2.75) is 25.9 Å². The van der Waals surface area contributed by atoms with E-state index in [-0.39, 0.29) is 6.04 Å². The first kappa shape index (κ1) is 12.7. The van der Waals surface area contributed by atoms with Crippen molar-refractivity contribution in [3.05, 3.63) is 35.4 Å². The molecular formula is C12H19N3O. The van der Waals surface area contributed by atoms with Gasteiger partial charge in [0.25, 0.3) is 0 Å². The summed E-state index contributed by atoms with van der Waals surface area (Å²) in [6, 6.07) is 7.76. The number of hydrogen-bond donors (Lipinski definition) is 3. The standard InChI is InChI=1S/C12H19N3O/c1-8-3-5-10(6-4-8)9(2)15-7-11(13)12(14)16/h3-6,9,11,15H,7,13H2,1-2H3,(H2,14,16)/t9-,11?/m1/s1. The van der Waals surface area contributed by atoms with Crippen molar-refractivity contribution in [1.29, 1.82) is 0 Å². The van der Waals surface area contributed by atoms with Gasteiger partial charge < -0.3 is 16.8 Å². The third kappa shape index (κ3) is 3.64. The van der Waals surface area contributed by atoms with Gasteiger partial charge in [0.15, 0.2) is 0 Å². The van der Waals surface area contributed by atoms with Crippen molar-refractivity contribution in [3.8, 4) is 0 Å². The van der Waals surface area contributed by atoms with Gasteiger partial charge in [0.2, 0.25) is 5.91 Å². The van der Waals surface area contributed by atoms with Crippen molar-refractivity contribution in [1.82, 2.24) is 5.32 Å². The molecule has 0 radical (unpaired) electrons. The van der Waals surface area contributed by atoms with Gasteiger partial charge in [-0.1, -0.05) is 29.8 Å². The van der Waals surface area contributed by atoms with Crippen LogP contribution in [0.1, 0.15) is 24.1 Å². The summed E-state index contributed by atoms with van der Waals surface area (Å²) in [5.74, 6) is -0.483. The summed E-state index contributed by atoms with van der Waals surface area (Å²) in [5, 5.41) is 3.17. The average molecular weight is 221 g/mol. The van der Waals surface area contributed by atoms with E-state index in [1.165, 1.54) is 11.1 Å². The molecule has 0 heterocycles. The van der Waals surface area contributed by atoms with Crippen LogP contribution in [-0.4, -0.2) is 18.5 Å². The highest BCUT2D eigenvalue weighted by atomic mass is 16.1. The van der Waals surface area contributed by atoms with Crippen LogP contribution in [0.3, 0.4) is 0 Å². The number of carbonyl (C=O) groups excluding carboxylic acids is 1. The quantitative estimate of drug-likeness (QED) is 0.675. The molecule has 0 aliphatic rings. The molecule has 88 valence electrons. The van der Waals surface area contributed by atoms with E-state index >= 15 is 0 Å².